The SMILES string of the molecule is C=C(C)COc1ccc(C(=O)N2CCN(c3ccc(F)cc3)CC2)cc1. The predicted molar refractivity (Wildman–Crippen MR) is 101 cm³/mol. The van der Waals surface area contributed by atoms with Gasteiger partial charge >= 0.3 is 0 Å². The van der Waals surface area contributed by atoms with Gasteiger partial charge in [-0.3, -0.25) is 4.79 Å². The minimum atomic E-state index is -0.238. The Kier molecular flexibility index (Phi) is 5.56. The molecule has 1 saturated heterocycles. The molecule has 0 saturated carbocycles. The molecule has 1 fully saturated rings. The summed E-state index contributed by atoms with van der Waals surface area (Å²) in [6.45, 7) is 8.93. The molecule has 0 aliphatic carbocycles. The molecule has 26 heavy (non-hydrogen) atoms. The average molecular weight is 354 g/mol. The van der Waals surface area contributed by atoms with Gasteiger partial charge < -0.3 is 14.5 Å². The van der Waals surface area contributed by atoms with Crippen LogP contribution in [0.2, 0.25) is 0 Å². The van der Waals surface area contributed by atoms with Crippen molar-refractivity contribution in [2.75, 3.05) is 37.7 Å². The Morgan fingerprint density at radius 3 is 2.23 bits per heavy atom. The molecule has 136 valence electrons. The molecular weight excluding hydrogens is 331 g/mol. The summed E-state index contributed by atoms with van der Waals surface area (Å²) in [4.78, 5) is 16.7. The van der Waals surface area contributed by atoms with Crippen molar-refractivity contribution < 1.29 is 13.9 Å². The Balaban J connectivity index is 1.56. The highest BCUT2D eigenvalue weighted by Crippen LogP contribution is 2.19. The van der Waals surface area contributed by atoms with Gasteiger partial charge in [0, 0.05) is 37.4 Å². The topological polar surface area (TPSA) is 32.8 Å². The van der Waals surface area contributed by atoms with Crippen molar-refractivity contribution >= 4 is 11.6 Å². The van der Waals surface area contributed by atoms with Crippen molar-refractivity contribution in [1.29, 1.82) is 0 Å². The smallest absolute Gasteiger partial charge is 0.253 e. The maximum Gasteiger partial charge on any atom is 0.253 e. The van der Waals surface area contributed by atoms with Gasteiger partial charge in [0.05, 0.1) is 0 Å². The van der Waals surface area contributed by atoms with E-state index in [2.05, 4.69) is 11.5 Å². The lowest BCUT2D eigenvalue weighted by Crippen LogP contribution is -2.48. The second kappa shape index (κ2) is 8.04. The van der Waals surface area contributed by atoms with Crippen LogP contribution in [0.5, 0.6) is 5.75 Å². The highest BCUT2D eigenvalue weighted by Gasteiger charge is 2.22. The number of amides is 1. The number of ether oxygens (including phenoxy) is 1. The lowest BCUT2D eigenvalue weighted by molar-refractivity contribution is 0.0747. The van der Waals surface area contributed by atoms with E-state index in [1.165, 1.54) is 12.1 Å². The molecule has 2 aromatic carbocycles. The highest BCUT2D eigenvalue weighted by atomic mass is 19.1. The normalized spacial score (nSPS) is 14.2. The van der Waals surface area contributed by atoms with Gasteiger partial charge in [-0.05, 0) is 61.0 Å². The van der Waals surface area contributed by atoms with Crippen LogP contribution >= 0.6 is 0 Å². The summed E-state index contributed by atoms with van der Waals surface area (Å²) < 4.78 is 18.6. The summed E-state index contributed by atoms with van der Waals surface area (Å²) in [7, 11) is 0. The zero-order valence-corrected chi connectivity index (χ0v) is 15.0. The van der Waals surface area contributed by atoms with E-state index in [-0.39, 0.29) is 11.7 Å². The molecule has 5 heteroatoms. The third-order valence-corrected chi connectivity index (χ3v) is 4.35. The zero-order chi connectivity index (χ0) is 18.5. The predicted octanol–water partition coefficient (Wildman–Crippen LogP) is 3.74. The standard InChI is InChI=1S/C21H23FN2O2/c1-16(2)15-26-20-9-3-17(4-10-20)21(25)24-13-11-23(12-14-24)19-7-5-18(22)6-8-19/h3-10H,1,11-15H2,2H3. The number of carbonyl (C=O) groups excluding carboxylic acids is 1. The number of benzene rings is 2. The first-order valence-corrected chi connectivity index (χ1v) is 8.70. The molecule has 1 aliphatic heterocycles. The van der Waals surface area contributed by atoms with E-state index in [4.69, 9.17) is 4.74 Å². The van der Waals surface area contributed by atoms with Gasteiger partial charge in [0.15, 0.2) is 0 Å². The quantitative estimate of drug-likeness (QED) is 0.767. The first-order valence-electron chi connectivity index (χ1n) is 8.70. The third-order valence-electron chi connectivity index (χ3n) is 4.35. The number of nitrogens with zero attached hydrogens (tertiary/aromatic N) is 2. The number of anilines is 1. The molecule has 0 unspecified atom stereocenters. The number of rotatable bonds is 5. The second-order valence-corrected chi connectivity index (χ2v) is 6.53. The number of halogens is 1. The van der Waals surface area contributed by atoms with Gasteiger partial charge in [0.2, 0.25) is 0 Å². The lowest BCUT2D eigenvalue weighted by Gasteiger charge is -2.36. The molecule has 0 bridgehead atoms. The van der Waals surface area contributed by atoms with Crippen molar-refractivity contribution in [2.45, 2.75) is 6.92 Å². The van der Waals surface area contributed by atoms with Crippen molar-refractivity contribution in [1.82, 2.24) is 4.90 Å². The van der Waals surface area contributed by atoms with E-state index in [0.29, 0.717) is 25.3 Å². The van der Waals surface area contributed by atoms with Crippen LogP contribution in [0, 0.1) is 5.82 Å². The number of hydrogen-bond donors (Lipinski definition) is 0. The molecule has 0 atom stereocenters. The maximum absolute atomic E-state index is 13.0. The largest absolute Gasteiger partial charge is 0.489 e. The first kappa shape index (κ1) is 18.0. The van der Waals surface area contributed by atoms with Gasteiger partial charge in [-0.25, -0.2) is 4.39 Å². The number of hydrogen-bond acceptors (Lipinski definition) is 3. The minimum absolute atomic E-state index is 0.0233. The molecular formula is C21H23FN2O2. The molecule has 0 aromatic heterocycles. The Bertz CT molecular complexity index is 764. The van der Waals surface area contributed by atoms with E-state index in [0.717, 1.165) is 30.1 Å². The fourth-order valence-electron chi connectivity index (χ4n) is 2.90. The van der Waals surface area contributed by atoms with E-state index >= 15 is 0 Å². The summed E-state index contributed by atoms with van der Waals surface area (Å²) in [5.41, 5.74) is 2.59. The van der Waals surface area contributed by atoms with E-state index < -0.39 is 0 Å². The van der Waals surface area contributed by atoms with Crippen LogP contribution < -0.4 is 9.64 Å². The van der Waals surface area contributed by atoms with Gasteiger partial charge in [-0.15, -0.1) is 0 Å². The van der Waals surface area contributed by atoms with Gasteiger partial charge in [0.25, 0.3) is 5.91 Å². The molecule has 2 aromatic rings. The third kappa shape index (κ3) is 4.42. The van der Waals surface area contributed by atoms with Crippen LogP contribution in [-0.2, 0) is 0 Å². The fourth-order valence-corrected chi connectivity index (χ4v) is 2.90. The molecule has 0 radical (unpaired) electrons. The molecule has 1 amide bonds. The van der Waals surface area contributed by atoms with Crippen molar-refractivity contribution in [3.63, 3.8) is 0 Å². The van der Waals surface area contributed by atoms with E-state index in [1.807, 2.05) is 24.0 Å². The molecule has 1 aliphatic rings. The highest BCUT2D eigenvalue weighted by molar-refractivity contribution is 5.94. The average Bonchev–Trinajstić information content (AvgIpc) is 2.67. The van der Waals surface area contributed by atoms with Crippen molar-refractivity contribution in [3.05, 3.63) is 72.1 Å². The summed E-state index contributed by atoms with van der Waals surface area (Å²) in [5.74, 6) is 0.513. The van der Waals surface area contributed by atoms with Crippen LogP contribution in [0.15, 0.2) is 60.7 Å². The van der Waals surface area contributed by atoms with Gasteiger partial charge in [0.1, 0.15) is 18.2 Å². The van der Waals surface area contributed by atoms with Crippen LogP contribution in [-0.4, -0.2) is 43.6 Å². The van der Waals surface area contributed by atoms with Crippen LogP contribution in [0.1, 0.15) is 17.3 Å². The molecule has 1 heterocycles. The van der Waals surface area contributed by atoms with Gasteiger partial charge in [-0.2, -0.15) is 0 Å². The monoisotopic (exact) mass is 354 g/mol. The van der Waals surface area contributed by atoms with Crippen LogP contribution in [0.25, 0.3) is 0 Å². The van der Waals surface area contributed by atoms with E-state index in [1.54, 1.807) is 24.3 Å². The Morgan fingerprint density at radius 2 is 1.65 bits per heavy atom. The minimum Gasteiger partial charge on any atom is -0.489 e. The number of piperazine rings is 1. The Hall–Kier alpha value is -2.82. The second-order valence-electron chi connectivity index (χ2n) is 6.53. The van der Waals surface area contributed by atoms with Gasteiger partial charge in [-0.1, -0.05) is 6.58 Å². The summed E-state index contributed by atoms with van der Waals surface area (Å²) in [6.07, 6.45) is 0. The maximum atomic E-state index is 13.0. The van der Waals surface area contributed by atoms with Crippen molar-refractivity contribution in [3.8, 4) is 5.75 Å². The lowest BCUT2D eigenvalue weighted by atomic mass is 10.1. The number of carbonyl (C=O) groups is 1. The zero-order valence-electron chi connectivity index (χ0n) is 15.0. The molecule has 0 spiro atoms. The van der Waals surface area contributed by atoms with Crippen molar-refractivity contribution in [2.24, 2.45) is 0 Å². The summed E-state index contributed by atoms with van der Waals surface area (Å²) in [6, 6.07) is 13.7. The summed E-state index contributed by atoms with van der Waals surface area (Å²) >= 11 is 0. The Morgan fingerprint density at radius 1 is 1.04 bits per heavy atom. The van der Waals surface area contributed by atoms with Crippen LogP contribution in [0.4, 0.5) is 10.1 Å². The molecule has 3 rings (SSSR count). The van der Waals surface area contributed by atoms with E-state index in [9.17, 15) is 9.18 Å². The molecule has 0 N–H and O–H groups in total. The first-order chi connectivity index (χ1) is 12.5. The van der Waals surface area contributed by atoms with Crippen LogP contribution in [0.3, 0.4) is 0 Å². The Labute approximate surface area is 153 Å². The fraction of sp³-hybridized carbons (Fsp3) is 0.286. The molecule has 4 nitrogen and oxygen atoms in total. The summed E-state index contributed by atoms with van der Waals surface area (Å²) in [5, 5.41) is 0.